The molecule has 19 heavy (non-hydrogen) atoms. The van der Waals surface area contributed by atoms with Crippen molar-refractivity contribution in [3.05, 3.63) is 35.4 Å². The first kappa shape index (κ1) is 14.5. The van der Waals surface area contributed by atoms with E-state index in [9.17, 15) is 0 Å². The van der Waals surface area contributed by atoms with Crippen LogP contribution in [-0.4, -0.2) is 37.7 Å². The average Bonchev–Trinajstić information content (AvgIpc) is 2.46. The van der Waals surface area contributed by atoms with Gasteiger partial charge in [-0.25, -0.2) is 0 Å². The van der Waals surface area contributed by atoms with Crippen LogP contribution < -0.4 is 5.73 Å². The maximum absolute atomic E-state index is 5.79. The van der Waals surface area contributed by atoms with Gasteiger partial charge in [0.15, 0.2) is 0 Å². The van der Waals surface area contributed by atoms with Gasteiger partial charge < -0.3 is 10.5 Å². The topological polar surface area (TPSA) is 38.5 Å². The van der Waals surface area contributed by atoms with Gasteiger partial charge in [0.1, 0.15) is 0 Å². The minimum absolute atomic E-state index is 0.440. The number of morpholine rings is 1. The molecule has 0 amide bonds. The predicted octanol–water partition coefficient (Wildman–Crippen LogP) is 2.53. The van der Waals surface area contributed by atoms with Crippen LogP contribution in [0.1, 0.15) is 43.4 Å². The Morgan fingerprint density at radius 1 is 1.11 bits per heavy atom. The van der Waals surface area contributed by atoms with Gasteiger partial charge in [0, 0.05) is 19.1 Å². The Bertz CT molecular complexity index is 369. The van der Waals surface area contributed by atoms with E-state index in [1.165, 1.54) is 11.1 Å². The highest BCUT2D eigenvalue weighted by atomic mass is 16.5. The summed E-state index contributed by atoms with van der Waals surface area (Å²) in [5, 5.41) is 0. The molecule has 1 saturated heterocycles. The van der Waals surface area contributed by atoms with Gasteiger partial charge in [0.05, 0.1) is 13.2 Å². The number of benzene rings is 1. The molecule has 1 aliphatic heterocycles. The van der Waals surface area contributed by atoms with E-state index in [1.54, 1.807) is 0 Å². The third-order valence-electron chi connectivity index (χ3n) is 3.91. The minimum Gasteiger partial charge on any atom is -0.379 e. The molecule has 1 atom stereocenters. The Balaban J connectivity index is 2.13. The first-order chi connectivity index (χ1) is 9.22. The smallest absolute Gasteiger partial charge is 0.0594 e. The van der Waals surface area contributed by atoms with E-state index in [0.29, 0.717) is 12.0 Å². The molecule has 1 fully saturated rings. The van der Waals surface area contributed by atoms with Gasteiger partial charge in [-0.3, -0.25) is 4.90 Å². The summed E-state index contributed by atoms with van der Waals surface area (Å²) < 4.78 is 5.44. The number of ether oxygens (including phenoxy) is 1. The lowest BCUT2D eigenvalue weighted by Gasteiger charge is -2.34. The molecule has 2 N–H and O–H groups in total. The zero-order chi connectivity index (χ0) is 13.7. The van der Waals surface area contributed by atoms with Gasteiger partial charge in [-0.15, -0.1) is 0 Å². The van der Waals surface area contributed by atoms with Crippen LogP contribution in [0.4, 0.5) is 0 Å². The molecular weight excluding hydrogens is 236 g/mol. The first-order valence-corrected chi connectivity index (χ1v) is 7.34. The van der Waals surface area contributed by atoms with Gasteiger partial charge in [0.25, 0.3) is 0 Å². The lowest BCUT2D eigenvalue weighted by Crippen LogP contribution is -2.39. The fourth-order valence-corrected chi connectivity index (χ4v) is 2.71. The van der Waals surface area contributed by atoms with E-state index in [4.69, 9.17) is 10.5 Å². The molecule has 0 aliphatic carbocycles. The fraction of sp³-hybridized carbons (Fsp3) is 0.625. The summed E-state index contributed by atoms with van der Waals surface area (Å²) in [6.07, 6.45) is 1.01. The van der Waals surface area contributed by atoms with Crippen LogP contribution >= 0.6 is 0 Å². The van der Waals surface area contributed by atoms with Gasteiger partial charge in [0.2, 0.25) is 0 Å². The van der Waals surface area contributed by atoms with Crippen molar-refractivity contribution in [2.75, 3.05) is 32.8 Å². The molecule has 0 radical (unpaired) electrons. The highest BCUT2D eigenvalue weighted by molar-refractivity contribution is 5.27. The zero-order valence-electron chi connectivity index (χ0n) is 12.1. The van der Waals surface area contributed by atoms with Gasteiger partial charge >= 0.3 is 0 Å². The molecular formula is C16H26N2O. The maximum Gasteiger partial charge on any atom is 0.0594 e. The van der Waals surface area contributed by atoms with E-state index < -0.39 is 0 Å². The number of hydrogen-bond acceptors (Lipinski definition) is 3. The van der Waals surface area contributed by atoms with Crippen LogP contribution in [0, 0.1) is 0 Å². The van der Waals surface area contributed by atoms with Crippen molar-refractivity contribution in [1.82, 2.24) is 4.90 Å². The first-order valence-electron chi connectivity index (χ1n) is 7.34. The van der Waals surface area contributed by atoms with Crippen molar-refractivity contribution in [3.8, 4) is 0 Å². The highest BCUT2D eigenvalue weighted by Crippen LogP contribution is 2.26. The van der Waals surface area contributed by atoms with E-state index in [0.717, 1.165) is 39.3 Å². The highest BCUT2D eigenvalue weighted by Gasteiger charge is 2.21. The summed E-state index contributed by atoms with van der Waals surface area (Å²) in [6, 6.07) is 9.49. The SMILES string of the molecule is CC(C)c1ccc(C(CCN)N2CCOCC2)cc1. The summed E-state index contributed by atoms with van der Waals surface area (Å²) in [7, 11) is 0. The molecule has 3 heteroatoms. The van der Waals surface area contributed by atoms with Crippen LogP contribution in [0.3, 0.4) is 0 Å². The minimum atomic E-state index is 0.440. The summed E-state index contributed by atoms with van der Waals surface area (Å²) in [4.78, 5) is 2.50. The van der Waals surface area contributed by atoms with E-state index in [1.807, 2.05) is 0 Å². The largest absolute Gasteiger partial charge is 0.379 e. The lowest BCUT2D eigenvalue weighted by atomic mass is 9.96. The van der Waals surface area contributed by atoms with Gasteiger partial charge in [-0.05, 0) is 30.0 Å². The Kier molecular flexibility index (Phi) is 5.37. The van der Waals surface area contributed by atoms with Crippen molar-refractivity contribution in [1.29, 1.82) is 0 Å². The van der Waals surface area contributed by atoms with E-state index in [-0.39, 0.29) is 0 Å². The molecule has 0 saturated carbocycles. The summed E-state index contributed by atoms with van der Waals surface area (Å²) >= 11 is 0. The molecule has 0 aromatic heterocycles. The summed E-state index contributed by atoms with van der Waals surface area (Å²) in [5.74, 6) is 0.588. The fourth-order valence-electron chi connectivity index (χ4n) is 2.71. The van der Waals surface area contributed by atoms with Crippen LogP contribution in [0.25, 0.3) is 0 Å². The third-order valence-corrected chi connectivity index (χ3v) is 3.91. The summed E-state index contributed by atoms with van der Waals surface area (Å²) in [6.45, 7) is 8.89. The molecule has 106 valence electrons. The average molecular weight is 262 g/mol. The molecule has 1 heterocycles. The van der Waals surface area contributed by atoms with Crippen molar-refractivity contribution in [2.24, 2.45) is 5.73 Å². The quantitative estimate of drug-likeness (QED) is 0.886. The van der Waals surface area contributed by atoms with E-state index in [2.05, 4.69) is 43.0 Å². The second-order valence-corrected chi connectivity index (χ2v) is 5.56. The number of hydrogen-bond donors (Lipinski definition) is 1. The van der Waals surface area contributed by atoms with Crippen molar-refractivity contribution in [2.45, 2.75) is 32.2 Å². The number of rotatable bonds is 5. The van der Waals surface area contributed by atoms with Crippen LogP contribution in [0.2, 0.25) is 0 Å². The van der Waals surface area contributed by atoms with Crippen LogP contribution in [0.5, 0.6) is 0 Å². The van der Waals surface area contributed by atoms with Crippen LogP contribution in [-0.2, 0) is 4.74 Å². The second kappa shape index (κ2) is 7.04. The molecule has 3 nitrogen and oxygen atoms in total. The maximum atomic E-state index is 5.79. The Hall–Kier alpha value is -0.900. The second-order valence-electron chi connectivity index (χ2n) is 5.56. The molecule has 2 rings (SSSR count). The number of nitrogens with zero attached hydrogens (tertiary/aromatic N) is 1. The van der Waals surface area contributed by atoms with Gasteiger partial charge in [-0.1, -0.05) is 38.1 Å². The Morgan fingerprint density at radius 3 is 2.21 bits per heavy atom. The number of nitrogens with two attached hydrogens (primary N) is 1. The van der Waals surface area contributed by atoms with Crippen molar-refractivity contribution >= 4 is 0 Å². The van der Waals surface area contributed by atoms with Crippen LogP contribution in [0.15, 0.2) is 24.3 Å². The van der Waals surface area contributed by atoms with Gasteiger partial charge in [-0.2, -0.15) is 0 Å². The monoisotopic (exact) mass is 262 g/mol. The molecule has 1 aromatic carbocycles. The van der Waals surface area contributed by atoms with E-state index >= 15 is 0 Å². The molecule has 1 unspecified atom stereocenters. The molecule has 0 bridgehead atoms. The predicted molar refractivity (Wildman–Crippen MR) is 79.3 cm³/mol. The summed E-state index contributed by atoms with van der Waals surface area (Å²) in [5.41, 5.74) is 8.58. The normalized spacial score (nSPS) is 18.7. The zero-order valence-corrected chi connectivity index (χ0v) is 12.1. The third kappa shape index (κ3) is 3.78. The van der Waals surface area contributed by atoms with Crippen molar-refractivity contribution < 1.29 is 4.74 Å². The Morgan fingerprint density at radius 2 is 1.68 bits per heavy atom. The molecule has 1 aliphatic rings. The standard InChI is InChI=1S/C16H26N2O/c1-13(2)14-3-5-15(6-4-14)16(7-8-17)18-9-11-19-12-10-18/h3-6,13,16H,7-12,17H2,1-2H3. The van der Waals surface area contributed by atoms with Crippen molar-refractivity contribution in [3.63, 3.8) is 0 Å². The lowest BCUT2D eigenvalue weighted by molar-refractivity contribution is 0.0147. The molecule has 1 aromatic rings. The molecule has 0 spiro atoms. The Labute approximate surface area is 116 Å².